The third-order valence-corrected chi connectivity index (χ3v) is 3.33. The van der Waals surface area contributed by atoms with Crippen molar-refractivity contribution in [2.24, 2.45) is 17.1 Å². The fourth-order valence-electron chi connectivity index (χ4n) is 2.06. The predicted molar refractivity (Wildman–Crippen MR) is 61.8 cm³/mol. The Morgan fingerprint density at radius 2 is 2.12 bits per heavy atom. The van der Waals surface area contributed by atoms with Crippen LogP contribution in [0.25, 0.3) is 0 Å². The third-order valence-electron chi connectivity index (χ3n) is 3.33. The summed E-state index contributed by atoms with van der Waals surface area (Å²) in [5.74, 6) is 2.42. The zero-order valence-electron chi connectivity index (χ0n) is 10.5. The Hall–Kier alpha value is -0.900. The molecule has 2 N–H and O–H groups in total. The van der Waals surface area contributed by atoms with Gasteiger partial charge in [0.2, 0.25) is 5.89 Å². The molecule has 0 saturated heterocycles. The van der Waals surface area contributed by atoms with Gasteiger partial charge in [0.1, 0.15) is 0 Å². The van der Waals surface area contributed by atoms with Crippen LogP contribution < -0.4 is 5.73 Å². The van der Waals surface area contributed by atoms with E-state index >= 15 is 0 Å². The molecule has 0 spiro atoms. The lowest BCUT2D eigenvalue weighted by Crippen LogP contribution is -2.13. The van der Waals surface area contributed by atoms with E-state index in [4.69, 9.17) is 10.3 Å². The standard InChI is InChI=1S/C12H21N3O/c1-7(2)5-9(13)11-14-10(15-16-11)8-6-12(8,3)4/h7-9H,5-6,13H2,1-4H3/t8?,9-/m0/s1. The minimum absolute atomic E-state index is 0.122. The first-order valence-corrected chi connectivity index (χ1v) is 5.99. The molecule has 0 amide bonds. The van der Waals surface area contributed by atoms with Gasteiger partial charge in [-0.15, -0.1) is 0 Å². The first-order chi connectivity index (χ1) is 7.40. The van der Waals surface area contributed by atoms with Crippen molar-refractivity contribution < 1.29 is 4.52 Å². The first-order valence-electron chi connectivity index (χ1n) is 5.99. The van der Waals surface area contributed by atoms with Gasteiger partial charge in [0, 0.05) is 5.92 Å². The zero-order chi connectivity index (χ0) is 11.9. The number of hydrogen-bond acceptors (Lipinski definition) is 4. The minimum atomic E-state index is -0.122. The van der Waals surface area contributed by atoms with Gasteiger partial charge in [0.15, 0.2) is 5.82 Å². The summed E-state index contributed by atoms with van der Waals surface area (Å²) in [7, 11) is 0. The van der Waals surface area contributed by atoms with E-state index in [1.807, 2.05) is 0 Å². The molecule has 1 saturated carbocycles. The van der Waals surface area contributed by atoms with E-state index in [1.54, 1.807) is 0 Å². The number of nitrogens with two attached hydrogens (primary N) is 1. The Kier molecular flexibility index (Phi) is 2.78. The fraction of sp³-hybridized carbons (Fsp3) is 0.833. The quantitative estimate of drug-likeness (QED) is 0.852. The molecule has 1 aromatic rings. The summed E-state index contributed by atoms with van der Waals surface area (Å²) in [5.41, 5.74) is 6.34. The first kappa shape index (κ1) is 11.6. The summed E-state index contributed by atoms with van der Waals surface area (Å²) < 4.78 is 5.24. The molecule has 2 atom stereocenters. The van der Waals surface area contributed by atoms with Crippen LogP contribution in [0.5, 0.6) is 0 Å². The van der Waals surface area contributed by atoms with Gasteiger partial charge in [0.25, 0.3) is 0 Å². The Bertz CT molecular complexity index is 370. The number of rotatable bonds is 4. The zero-order valence-corrected chi connectivity index (χ0v) is 10.5. The summed E-state index contributed by atoms with van der Waals surface area (Å²) in [6.45, 7) is 8.73. The highest BCUT2D eigenvalue weighted by atomic mass is 16.5. The highest BCUT2D eigenvalue weighted by molar-refractivity contribution is 5.14. The molecule has 0 aliphatic heterocycles. The Labute approximate surface area is 96.6 Å². The van der Waals surface area contributed by atoms with Gasteiger partial charge >= 0.3 is 0 Å². The number of nitrogens with zero attached hydrogens (tertiary/aromatic N) is 2. The van der Waals surface area contributed by atoms with Crippen molar-refractivity contribution in [2.75, 3.05) is 0 Å². The molecule has 4 nitrogen and oxygen atoms in total. The highest BCUT2D eigenvalue weighted by Gasteiger charge is 2.49. The van der Waals surface area contributed by atoms with Crippen molar-refractivity contribution in [3.05, 3.63) is 11.7 Å². The summed E-state index contributed by atoms with van der Waals surface area (Å²) in [6, 6.07) is -0.122. The molecule has 1 unspecified atom stereocenters. The van der Waals surface area contributed by atoms with Crippen LogP contribution in [0.2, 0.25) is 0 Å². The largest absolute Gasteiger partial charge is 0.338 e. The van der Waals surface area contributed by atoms with Crippen LogP contribution in [0.15, 0.2) is 4.52 Å². The molecule has 90 valence electrons. The molecule has 16 heavy (non-hydrogen) atoms. The van der Waals surface area contributed by atoms with Gasteiger partial charge in [-0.05, 0) is 24.2 Å². The summed E-state index contributed by atoms with van der Waals surface area (Å²) >= 11 is 0. The van der Waals surface area contributed by atoms with Crippen molar-refractivity contribution in [3.63, 3.8) is 0 Å². The van der Waals surface area contributed by atoms with E-state index in [1.165, 1.54) is 0 Å². The Morgan fingerprint density at radius 3 is 2.62 bits per heavy atom. The molecular formula is C12H21N3O. The van der Waals surface area contributed by atoms with Crippen LogP contribution >= 0.6 is 0 Å². The SMILES string of the molecule is CC(C)C[C@H](N)c1nc(C2CC2(C)C)no1. The third kappa shape index (κ3) is 2.26. The van der Waals surface area contributed by atoms with Crippen LogP contribution in [-0.4, -0.2) is 10.1 Å². The minimum Gasteiger partial charge on any atom is -0.338 e. The lowest BCUT2D eigenvalue weighted by molar-refractivity contribution is 0.332. The maximum atomic E-state index is 6.00. The second-order valence-corrected chi connectivity index (χ2v) is 5.97. The van der Waals surface area contributed by atoms with Gasteiger partial charge < -0.3 is 10.3 Å². The second-order valence-electron chi connectivity index (χ2n) is 5.97. The van der Waals surface area contributed by atoms with Gasteiger partial charge in [-0.1, -0.05) is 32.9 Å². The van der Waals surface area contributed by atoms with Gasteiger partial charge in [-0.25, -0.2) is 0 Å². The molecular weight excluding hydrogens is 202 g/mol. The van der Waals surface area contributed by atoms with Crippen molar-refractivity contribution in [2.45, 2.75) is 52.5 Å². The lowest BCUT2D eigenvalue weighted by atomic mass is 10.0. The van der Waals surface area contributed by atoms with E-state index in [2.05, 4.69) is 37.8 Å². The van der Waals surface area contributed by atoms with Crippen LogP contribution in [-0.2, 0) is 0 Å². The normalized spacial score (nSPS) is 24.8. The van der Waals surface area contributed by atoms with Crippen LogP contribution in [0.3, 0.4) is 0 Å². The maximum Gasteiger partial charge on any atom is 0.243 e. The fourth-order valence-corrected chi connectivity index (χ4v) is 2.06. The molecule has 1 heterocycles. The molecule has 4 heteroatoms. The van der Waals surface area contributed by atoms with Crippen molar-refractivity contribution >= 4 is 0 Å². The number of aromatic nitrogens is 2. The second kappa shape index (κ2) is 3.84. The van der Waals surface area contributed by atoms with Crippen LogP contribution in [0.4, 0.5) is 0 Å². The molecule has 1 aliphatic carbocycles. The van der Waals surface area contributed by atoms with Crippen molar-refractivity contribution in [3.8, 4) is 0 Å². The molecule has 1 fully saturated rings. The van der Waals surface area contributed by atoms with E-state index in [-0.39, 0.29) is 6.04 Å². The number of hydrogen-bond donors (Lipinski definition) is 1. The molecule has 0 aromatic carbocycles. The summed E-state index contributed by atoms with van der Waals surface area (Å²) in [4.78, 5) is 4.42. The van der Waals surface area contributed by atoms with Gasteiger partial charge in [-0.2, -0.15) is 4.98 Å². The highest BCUT2D eigenvalue weighted by Crippen LogP contribution is 2.57. The summed E-state index contributed by atoms with van der Waals surface area (Å²) in [5, 5.41) is 4.04. The molecule has 1 aromatic heterocycles. The monoisotopic (exact) mass is 223 g/mol. The lowest BCUT2D eigenvalue weighted by Gasteiger charge is -2.08. The average Bonchev–Trinajstić information content (AvgIpc) is 2.64. The summed E-state index contributed by atoms with van der Waals surface area (Å²) in [6.07, 6.45) is 2.03. The maximum absolute atomic E-state index is 6.00. The van der Waals surface area contributed by atoms with Crippen LogP contribution in [0, 0.1) is 11.3 Å². The molecule has 0 bridgehead atoms. The predicted octanol–water partition coefficient (Wildman–Crippen LogP) is 2.63. The van der Waals surface area contributed by atoms with E-state index < -0.39 is 0 Å². The van der Waals surface area contributed by atoms with Crippen molar-refractivity contribution in [1.29, 1.82) is 0 Å². The van der Waals surface area contributed by atoms with Crippen molar-refractivity contribution in [1.82, 2.24) is 10.1 Å². The van der Waals surface area contributed by atoms with Crippen LogP contribution in [0.1, 0.15) is 64.2 Å². The van der Waals surface area contributed by atoms with Gasteiger partial charge in [-0.3, -0.25) is 0 Å². The molecule has 1 aliphatic rings. The Morgan fingerprint density at radius 1 is 1.50 bits per heavy atom. The van der Waals surface area contributed by atoms with E-state index in [0.717, 1.165) is 18.7 Å². The Balaban J connectivity index is 2.03. The molecule has 2 rings (SSSR count). The van der Waals surface area contributed by atoms with E-state index in [9.17, 15) is 0 Å². The smallest absolute Gasteiger partial charge is 0.243 e. The van der Waals surface area contributed by atoms with Gasteiger partial charge in [0.05, 0.1) is 6.04 Å². The molecule has 0 radical (unpaired) electrons. The topological polar surface area (TPSA) is 64.9 Å². The average molecular weight is 223 g/mol. The van der Waals surface area contributed by atoms with E-state index in [0.29, 0.717) is 23.1 Å².